The van der Waals surface area contributed by atoms with Gasteiger partial charge in [-0.15, -0.1) is 0 Å². The molecule has 0 aromatic rings. The smallest absolute Gasteiger partial charge is 0.234 e. The minimum atomic E-state index is 0.184. The molecule has 2 rings (SSSR count). The predicted octanol–water partition coefficient (Wildman–Crippen LogP) is 1.19. The first-order valence-corrected chi connectivity index (χ1v) is 5.87. The number of carbonyl (C=O) groups is 1. The Kier molecular flexibility index (Phi) is 3.40. The molecule has 2 N–H and O–H groups in total. The first-order valence-electron chi connectivity index (χ1n) is 5.87. The van der Waals surface area contributed by atoms with Gasteiger partial charge in [-0.3, -0.25) is 4.79 Å². The van der Waals surface area contributed by atoms with Crippen LogP contribution in [0.25, 0.3) is 0 Å². The molecule has 2 fully saturated rings. The Bertz CT molecular complexity index is 195. The lowest BCUT2D eigenvalue weighted by atomic mass is 9.93. The molecular weight excluding hydrogens is 176 g/mol. The summed E-state index contributed by atoms with van der Waals surface area (Å²) in [5.74, 6) is 0.184. The van der Waals surface area contributed by atoms with Crippen LogP contribution in [0.1, 0.15) is 44.9 Å². The molecule has 0 aliphatic heterocycles. The molecule has 3 nitrogen and oxygen atoms in total. The Morgan fingerprint density at radius 1 is 1.00 bits per heavy atom. The van der Waals surface area contributed by atoms with Gasteiger partial charge in [-0.2, -0.15) is 0 Å². The minimum Gasteiger partial charge on any atom is -0.352 e. The molecule has 2 aliphatic rings. The maximum atomic E-state index is 11.5. The van der Waals surface area contributed by atoms with Crippen molar-refractivity contribution in [3.63, 3.8) is 0 Å². The molecule has 80 valence electrons. The van der Waals surface area contributed by atoms with E-state index in [1.807, 2.05) is 0 Å². The summed E-state index contributed by atoms with van der Waals surface area (Å²) in [6.07, 6.45) is 8.72. The van der Waals surface area contributed by atoms with Crippen molar-refractivity contribution in [1.29, 1.82) is 0 Å². The van der Waals surface area contributed by atoms with Gasteiger partial charge in [0.2, 0.25) is 5.91 Å². The van der Waals surface area contributed by atoms with Gasteiger partial charge in [-0.1, -0.05) is 19.3 Å². The summed E-state index contributed by atoms with van der Waals surface area (Å²) in [5.41, 5.74) is 0. The lowest BCUT2D eigenvalue weighted by Crippen LogP contribution is -2.44. The van der Waals surface area contributed by atoms with E-state index in [0.29, 0.717) is 18.6 Å². The van der Waals surface area contributed by atoms with Gasteiger partial charge in [0.15, 0.2) is 0 Å². The molecule has 14 heavy (non-hydrogen) atoms. The van der Waals surface area contributed by atoms with Gasteiger partial charge in [-0.05, 0) is 25.7 Å². The molecule has 0 bridgehead atoms. The van der Waals surface area contributed by atoms with Crippen LogP contribution in [0.15, 0.2) is 0 Å². The Hall–Kier alpha value is -0.570. The van der Waals surface area contributed by atoms with E-state index in [0.717, 1.165) is 0 Å². The highest BCUT2D eigenvalue weighted by molar-refractivity contribution is 5.78. The van der Waals surface area contributed by atoms with Crippen LogP contribution in [-0.2, 0) is 4.79 Å². The third kappa shape index (κ3) is 2.71. The van der Waals surface area contributed by atoms with Gasteiger partial charge in [0.1, 0.15) is 0 Å². The lowest BCUT2D eigenvalue weighted by molar-refractivity contribution is -0.121. The largest absolute Gasteiger partial charge is 0.352 e. The molecule has 0 spiro atoms. The van der Waals surface area contributed by atoms with E-state index in [-0.39, 0.29) is 5.91 Å². The fourth-order valence-electron chi connectivity index (χ4n) is 2.20. The van der Waals surface area contributed by atoms with E-state index in [9.17, 15) is 4.79 Å². The van der Waals surface area contributed by atoms with Gasteiger partial charge in [-0.25, -0.2) is 0 Å². The highest BCUT2D eigenvalue weighted by Crippen LogP contribution is 2.18. The molecule has 0 aromatic heterocycles. The Morgan fingerprint density at radius 2 is 1.64 bits per heavy atom. The normalized spacial score (nSPS) is 23.4. The topological polar surface area (TPSA) is 41.1 Å². The third-order valence-electron chi connectivity index (χ3n) is 3.38. The van der Waals surface area contributed by atoms with Crippen LogP contribution in [0, 0.1) is 0 Å². The molecule has 2 aliphatic carbocycles. The fraction of sp³-hybridized carbons (Fsp3) is 0.909. The highest BCUT2D eigenvalue weighted by atomic mass is 16.1. The number of carbonyl (C=O) groups excluding carboxylic acids is 1. The zero-order valence-electron chi connectivity index (χ0n) is 8.72. The SMILES string of the molecule is O=C(CNC1CCC1)NC1CCCC1. The Morgan fingerprint density at radius 3 is 2.21 bits per heavy atom. The highest BCUT2D eigenvalue weighted by Gasteiger charge is 2.19. The summed E-state index contributed by atoms with van der Waals surface area (Å²) in [5, 5.41) is 6.36. The van der Waals surface area contributed by atoms with Crippen molar-refractivity contribution in [3.05, 3.63) is 0 Å². The zero-order valence-corrected chi connectivity index (χ0v) is 8.72. The molecule has 0 heterocycles. The van der Waals surface area contributed by atoms with E-state index in [1.54, 1.807) is 0 Å². The number of hydrogen-bond donors (Lipinski definition) is 2. The summed E-state index contributed by atoms with van der Waals surface area (Å²) in [6, 6.07) is 1.08. The van der Waals surface area contributed by atoms with Crippen LogP contribution in [0.5, 0.6) is 0 Å². The van der Waals surface area contributed by atoms with Gasteiger partial charge in [0, 0.05) is 12.1 Å². The second-order valence-electron chi connectivity index (χ2n) is 4.56. The van der Waals surface area contributed by atoms with Crippen molar-refractivity contribution in [2.75, 3.05) is 6.54 Å². The summed E-state index contributed by atoms with van der Waals surface area (Å²) in [4.78, 5) is 11.5. The summed E-state index contributed by atoms with van der Waals surface area (Å²) >= 11 is 0. The standard InChI is InChI=1S/C11H20N2O/c14-11(8-12-9-6-3-7-9)13-10-4-1-2-5-10/h9-10,12H,1-8H2,(H,13,14). The summed E-state index contributed by atoms with van der Waals surface area (Å²) in [7, 11) is 0. The first-order chi connectivity index (χ1) is 6.84. The van der Waals surface area contributed by atoms with Crippen molar-refractivity contribution in [2.24, 2.45) is 0 Å². The van der Waals surface area contributed by atoms with Crippen LogP contribution < -0.4 is 10.6 Å². The van der Waals surface area contributed by atoms with Crippen LogP contribution >= 0.6 is 0 Å². The lowest BCUT2D eigenvalue weighted by Gasteiger charge is -2.26. The van der Waals surface area contributed by atoms with Gasteiger partial charge in [0.05, 0.1) is 6.54 Å². The number of rotatable bonds is 4. The molecule has 0 aromatic carbocycles. The van der Waals surface area contributed by atoms with Gasteiger partial charge >= 0.3 is 0 Å². The summed E-state index contributed by atoms with van der Waals surface area (Å²) < 4.78 is 0. The maximum absolute atomic E-state index is 11.5. The van der Waals surface area contributed by atoms with E-state index in [1.165, 1.54) is 44.9 Å². The van der Waals surface area contributed by atoms with Crippen LogP contribution in [0.2, 0.25) is 0 Å². The van der Waals surface area contributed by atoms with E-state index in [4.69, 9.17) is 0 Å². The molecule has 0 atom stereocenters. The average molecular weight is 196 g/mol. The number of hydrogen-bond acceptors (Lipinski definition) is 2. The Balaban J connectivity index is 1.57. The molecule has 0 radical (unpaired) electrons. The van der Waals surface area contributed by atoms with Crippen LogP contribution in [0.3, 0.4) is 0 Å². The van der Waals surface area contributed by atoms with E-state index < -0.39 is 0 Å². The van der Waals surface area contributed by atoms with Gasteiger partial charge in [0.25, 0.3) is 0 Å². The zero-order chi connectivity index (χ0) is 9.80. The van der Waals surface area contributed by atoms with Crippen LogP contribution in [0.4, 0.5) is 0 Å². The quantitative estimate of drug-likeness (QED) is 0.709. The first kappa shape index (κ1) is 9.97. The molecule has 1 amide bonds. The average Bonchev–Trinajstić information content (AvgIpc) is 2.54. The monoisotopic (exact) mass is 196 g/mol. The Labute approximate surface area is 85.6 Å². The van der Waals surface area contributed by atoms with Crippen molar-refractivity contribution in [3.8, 4) is 0 Å². The van der Waals surface area contributed by atoms with Crippen molar-refractivity contribution < 1.29 is 4.79 Å². The fourth-order valence-corrected chi connectivity index (χ4v) is 2.20. The van der Waals surface area contributed by atoms with Gasteiger partial charge < -0.3 is 10.6 Å². The molecule has 0 saturated heterocycles. The van der Waals surface area contributed by atoms with Crippen molar-refractivity contribution >= 4 is 5.91 Å². The molecular formula is C11H20N2O. The van der Waals surface area contributed by atoms with Crippen molar-refractivity contribution in [1.82, 2.24) is 10.6 Å². The predicted molar refractivity (Wildman–Crippen MR) is 56.0 cm³/mol. The third-order valence-corrected chi connectivity index (χ3v) is 3.38. The molecule has 3 heteroatoms. The number of amides is 1. The second kappa shape index (κ2) is 4.78. The number of nitrogens with one attached hydrogen (secondary N) is 2. The second-order valence-corrected chi connectivity index (χ2v) is 4.56. The van der Waals surface area contributed by atoms with E-state index >= 15 is 0 Å². The van der Waals surface area contributed by atoms with E-state index in [2.05, 4.69) is 10.6 Å². The molecule has 0 unspecified atom stereocenters. The minimum absolute atomic E-state index is 0.184. The summed E-state index contributed by atoms with van der Waals surface area (Å²) in [6.45, 7) is 0.515. The van der Waals surface area contributed by atoms with Crippen molar-refractivity contribution in [2.45, 2.75) is 57.0 Å². The molecule has 2 saturated carbocycles. The maximum Gasteiger partial charge on any atom is 0.234 e. The van der Waals surface area contributed by atoms with Crippen LogP contribution in [-0.4, -0.2) is 24.5 Å².